The van der Waals surface area contributed by atoms with Crippen LogP contribution in [-0.4, -0.2) is 27.9 Å². The molecule has 90 valence electrons. The maximum atomic E-state index is 11.3. The van der Waals surface area contributed by atoms with Gasteiger partial charge in [-0.25, -0.2) is 0 Å². The molecule has 0 heterocycles. The summed E-state index contributed by atoms with van der Waals surface area (Å²) in [6.07, 6.45) is 1.55. The number of aliphatic hydroxyl groups is 2. The van der Waals surface area contributed by atoms with Gasteiger partial charge in [0, 0.05) is 0 Å². The largest absolute Gasteiger partial charge is 0.512 e. The zero-order valence-corrected chi connectivity index (χ0v) is 9.42. The van der Waals surface area contributed by atoms with E-state index in [-0.39, 0.29) is 5.76 Å². The molecule has 0 bridgehead atoms. The molecular weight excluding hydrogens is 220 g/mol. The second kappa shape index (κ2) is 3.89. The van der Waals surface area contributed by atoms with Crippen LogP contribution < -0.4 is 0 Å². The fourth-order valence-corrected chi connectivity index (χ4v) is 2.26. The van der Waals surface area contributed by atoms with E-state index in [1.54, 1.807) is 18.2 Å². The summed E-state index contributed by atoms with van der Waals surface area (Å²) < 4.78 is 0. The minimum atomic E-state index is -1.41. The summed E-state index contributed by atoms with van der Waals surface area (Å²) in [5.74, 6) is -1.83. The molecule has 0 radical (unpaired) electrons. The fraction of sp³-hybridized carbons (Fsp3) is 0.308. The van der Waals surface area contributed by atoms with Crippen molar-refractivity contribution in [1.29, 1.82) is 0 Å². The smallest absolute Gasteiger partial charge is 0.312 e. The van der Waals surface area contributed by atoms with Crippen LogP contribution in [0.5, 0.6) is 0 Å². The number of hydrogen-bond donors (Lipinski definition) is 3. The van der Waals surface area contributed by atoms with E-state index in [9.17, 15) is 20.1 Å². The Morgan fingerprint density at radius 1 is 1.41 bits per heavy atom. The van der Waals surface area contributed by atoms with Gasteiger partial charge in [-0.05, 0) is 24.1 Å². The van der Waals surface area contributed by atoms with Crippen molar-refractivity contribution < 1.29 is 20.1 Å². The maximum absolute atomic E-state index is 11.3. The second-order valence-electron chi connectivity index (χ2n) is 4.51. The van der Waals surface area contributed by atoms with Crippen molar-refractivity contribution in [1.82, 2.24) is 0 Å². The summed E-state index contributed by atoms with van der Waals surface area (Å²) in [6.45, 7) is 0.908. The molecule has 0 aliphatic heterocycles. The first kappa shape index (κ1) is 11.7. The Balaban J connectivity index is 2.54. The number of aliphatic carboxylic acids is 1. The molecular formula is C13H14O4. The van der Waals surface area contributed by atoms with Gasteiger partial charge in [-0.3, -0.25) is 4.79 Å². The first-order chi connectivity index (χ1) is 8.00. The van der Waals surface area contributed by atoms with Gasteiger partial charge in [-0.1, -0.05) is 24.3 Å². The monoisotopic (exact) mass is 234 g/mol. The van der Waals surface area contributed by atoms with E-state index in [2.05, 4.69) is 0 Å². The predicted molar refractivity (Wildman–Crippen MR) is 62.6 cm³/mol. The number of hydrogen-bond acceptors (Lipinski definition) is 3. The molecule has 1 aliphatic rings. The third-order valence-corrected chi connectivity index (χ3v) is 3.36. The van der Waals surface area contributed by atoms with Crippen LogP contribution in [0, 0.1) is 5.41 Å². The Labute approximate surface area is 98.8 Å². The average Bonchev–Trinajstić information content (AvgIpc) is 2.64. The SMILES string of the molecule is CC(CO)(C(=O)O)C1C(O)=Cc2ccccc21. The number of benzene rings is 1. The number of rotatable bonds is 3. The lowest BCUT2D eigenvalue weighted by atomic mass is 9.74. The Kier molecular flexibility index (Phi) is 2.67. The van der Waals surface area contributed by atoms with Gasteiger partial charge in [0.2, 0.25) is 0 Å². The molecule has 17 heavy (non-hydrogen) atoms. The van der Waals surface area contributed by atoms with Gasteiger partial charge in [0.15, 0.2) is 0 Å². The minimum absolute atomic E-state index is 0.00912. The lowest BCUT2D eigenvalue weighted by Crippen LogP contribution is -2.38. The molecule has 0 aromatic heterocycles. The first-order valence-electron chi connectivity index (χ1n) is 5.34. The van der Waals surface area contributed by atoms with E-state index >= 15 is 0 Å². The molecule has 0 saturated carbocycles. The normalized spacial score (nSPS) is 21.5. The Morgan fingerprint density at radius 2 is 2.06 bits per heavy atom. The van der Waals surface area contributed by atoms with Gasteiger partial charge in [-0.2, -0.15) is 0 Å². The molecule has 2 rings (SSSR count). The molecule has 1 aliphatic carbocycles. The fourth-order valence-electron chi connectivity index (χ4n) is 2.26. The van der Waals surface area contributed by atoms with E-state index < -0.39 is 23.9 Å². The molecule has 0 saturated heterocycles. The molecule has 1 aromatic rings. The number of carbonyl (C=O) groups is 1. The van der Waals surface area contributed by atoms with Crippen molar-refractivity contribution in [2.75, 3.05) is 6.61 Å². The summed E-state index contributed by atoms with van der Waals surface area (Å²) in [4.78, 5) is 11.3. The van der Waals surface area contributed by atoms with Crippen molar-refractivity contribution in [3.63, 3.8) is 0 Å². The molecule has 0 fully saturated rings. The third kappa shape index (κ3) is 1.61. The van der Waals surface area contributed by atoms with Crippen LogP contribution in [0.2, 0.25) is 0 Å². The topological polar surface area (TPSA) is 77.8 Å². The van der Waals surface area contributed by atoms with Gasteiger partial charge >= 0.3 is 5.97 Å². The molecule has 2 unspecified atom stereocenters. The summed E-state index contributed by atoms with van der Waals surface area (Å²) in [5.41, 5.74) is 0.132. The van der Waals surface area contributed by atoms with E-state index in [1.165, 1.54) is 6.92 Å². The summed E-state index contributed by atoms with van der Waals surface area (Å²) in [6, 6.07) is 7.20. The molecule has 0 spiro atoms. The lowest BCUT2D eigenvalue weighted by Gasteiger charge is -2.30. The average molecular weight is 234 g/mol. The van der Waals surface area contributed by atoms with Crippen LogP contribution in [0.4, 0.5) is 0 Å². The van der Waals surface area contributed by atoms with Crippen LogP contribution in [-0.2, 0) is 4.79 Å². The number of allylic oxidation sites excluding steroid dienone is 1. The molecule has 1 aromatic carbocycles. The van der Waals surface area contributed by atoms with Gasteiger partial charge in [0.1, 0.15) is 11.2 Å². The first-order valence-corrected chi connectivity index (χ1v) is 5.34. The molecule has 2 atom stereocenters. The Hall–Kier alpha value is -1.81. The zero-order chi connectivity index (χ0) is 12.6. The number of carboxylic acid groups (broad SMARTS) is 1. The minimum Gasteiger partial charge on any atom is -0.512 e. The van der Waals surface area contributed by atoms with E-state index in [4.69, 9.17) is 0 Å². The zero-order valence-electron chi connectivity index (χ0n) is 9.42. The number of aliphatic hydroxyl groups excluding tert-OH is 2. The molecule has 4 nitrogen and oxygen atoms in total. The van der Waals surface area contributed by atoms with Crippen molar-refractivity contribution in [3.8, 4) is 0 Å². The predicted octanol–water partition coefficient (Wildman–Crippen LogP) is 1.77. The number of fused-ring (bicyclic) bond motifs is 1. The quantitative estimate of drug-likeness (QED) is 0.744. The van der Waals surface area contributed by atoms with Gasteiger partial charge in [-0.15, -0.1) is 0 Å². The molecule has 3 N–H and O–H groups in total. The number of carboxylic acids is 1. The van der Waals surface area contributed by atoms with E-state index in [1.807, 2.05) is 12.1 Å². The highest BCUT2D eigenvalue weighted by molar-refractivity contribution is 5.79. The van der Waals surface area contributed by atoms with Crippen molar-refractivity contribution >= 4 is 12.0 Å². The van der Waals surface area contributed by atoms with E-state index in [0.29, 0.717) is 0 Å². The van der Waals surface area contributed by atoms with Crippen molar-refractivity contribution in [3.05, 3.63) is 41.2 Å². The van der Waals surface area contributed by atoms with Crippen LogP contribution in [0.3, 0.4) is 0 Å². The Morgan fingerprint density at radius 3 is 2.65 bits per heavy atom. The summed E-state index contributed by atoms with van der Waals surface area (Å²) in [7, 11) is 0. The highest BCUT2D eigenvalue weighted by Gasteiger charge is 2.46. The standard InChI is InChI=1S/C13H14O4/c1-13(7-14,12(16)17)11-9-5-3-2-4-8(9)6-10(11)15/h2-6,11,14-15H,7H2,1H3,(H,16,17). The highest BCUT2D eigenvalue weighted by Crippen LogP contribution is 2.46. The van der Waals surface area contributed by atoms with Crippen LogP contribution in [0.1, 0.15) is 24.0 Å². The van der Waals surface area contributed by atoms with Crippen LogP contribution in [0.25, 0.3) is 6.08 Å². The van der Waals surface area contributed by atoms with Gasteiger partial charge < -0.3 is 15.3 Å². The maximum Gasteiger partial charge on any atom is 0.312 e. The lowest BCUT2D eigenvalue weighted by molar-refractivity contribution is -0.151. The van der Waals surface area contributed by atoms with Crippen LogP contribution in [0.15, 0.2) is 30.0 Å². The molecule has 4 heteroatoms. The molecule has 0 amide bonds. The van der Waals surface area contributed by atoms with E-state index in [0.717, 1.165) is 11.1 Å². The van der Waals surface area contributed by atoms with Crippen molar-refractivity contribution in [2.24, 2.45) is 5.41 Å². The second-order valence-corrected chi connectivity index (χ2v) is 4.51. The summed E-state index contributed by atoms with van der Waals surface area (Å²) >= 11 is 0. The van der Waals surface area contributed by atoms with Gasteiger partial charge in [0.05, 0.1) is 12.5 Å². The van der Waals surface area contributed by atoms with Gasteiger partial charge in [0.25, 0.3) is 0 Å². The van der Waals surface area contributed by atoms with Crippen LogP contribution >= 0.6 is 0 Å². The summed E-state index contributed by atoms with van der Waals surface area (Å²) in [5, 5.41) is 28.5. The van der Waals surface area contributed by atoms with Crippen molar-refractivity contribution in [2.45, 2.75) is 12.8 Å². The Bertz CT molecular complexity index is 492. The third-order valence-electron chi connectivity index (χ3n) is 3.36. The highest BCUT2D eigenvalue weighted by atomic mass is 16.4.